The molecule has 0 saturated carbocycles. The SMILES string of the molecule is O=[N+]([O-])c1cc(Cl)ccc1SI. The Hall–Kier alpha value is -0.0100. The summed E-state index contributed by atoms with van der Waals surface area (Å²) >= 11 is 7.59. The summed E-state index contributed by atoms with van der Waals surface area (Å²) in [7, 11) is 1.30. The molecule has 1 rings (SSSR count). The predicted molar refractivity (Wildman–Crippen MR) is 58.0 cm³/mol. The molecule has 0 unspecified atom stereocenters. The molecule has 3 nitrogen and oxygen atoms in total. The molecule has 0 radical (unpaired) electrons. The van der Waals surface area contributed by atoms with Gasteiger partial charge in [0.05, 0.1) is 9.82 Å². The maximum Gasteiger partial charge on any atom is 0.285 e. The lowest BCUT2D eigenvalue weighted by Crippen LogP contribution is -1.89. The molecule has 0 bridgehead atoms. The number of nitrogens with zero attached hydrogens (tertiary/aromatic N) is 1. The van der Waals surface area contributed by atoms with Crippen LogP contribution in [0.4, 0.5) is 5.69 Å². The third-order valence-electron chi connectivity index (χ3n) is 1.20. The molecular formula is C6H3ClINO2S. The van der Waals surface area contributed by atoms with Crippen molar-refractivity contribution in [3.8, 4) is 0 Å². The van der Waals surface area contributed by atoms with Crippen LogP contribution in [0.25, 0.3) is 0 Å². The van der Waals surface area contributed by atoms with Crippen LogP contribution < -0.4 is 0 Å². The van der Waals surface area contributed by atoms with Crippen molar-refractivity contribution in [2.75, 3.05) is 0 Å². The molecule has 0 amide bonds. The summed E-state index contributed by atoms with van der Waals surface area (Å²) in [6.07, 6.45) is 0. The van der Waals surface area contributed by atoms with Crippen molar-refractivity contribution in [1.29, 1.82) is 0 Å². The molecule has 0 aliphatic heterocycles. The number of nitro groups is 1. The van der Waals surface area contributed by atoms with Crippen molar-refractivity contribution in [3.05, 3.63) is 33.3 Å². The number of benzene rings is 1. The minimum atomic E-state index is -0.438. The highest BCUT2D eigenvalue weighted by Gasteiger charge is 2.13. The summed E-state index contributed by atoms with van der Waals surface area (Å²) in [6, 6.07) is 4.62. The van der Waals surface area contributed by atoms with E-state index in [2.05, 4.69) is 0 Å². The first-order valence-corrected chi connectivity index (χ1v) is 6.61. The number of halogens is 2. The van der Waals surface area contributed by atoms with Crippen LogP contribution in [0.5, 0.6) is 0 Å². The Bertz CT molecular complexity index is 320. The zero-order valence-electron chi connectivity index (χ0n) is 5.66. The Morgan fingerprint density at radius 3 is 2.75 bits per heavy atom. The number of nitro benzene ring substituents is 1. The Morgan fingerprint density at radius 1 is 1.58 bits per heavy atom. The van der Waals surface area contributed by atoms with Crippen LogP contribution in [0.3, 0.4) is 0 Å². The van der Waals surface area contributed by atoms with E-state index < -0.39 is 4.92 Å². The standard InChI is InChI=1S/C6H3ClINO2S/c7-4-1-2-6(12-8)5(3-4)9(10)11/h1-3H. The van der Waals surface area contributed by atoms with Gasteiger partial charge < -0.3 is 0 Å². The lowest BCUT2D eigenvalue weighted by Gasteiger charge is -1.97. The van der Waals surface area contributed by atoms with Crippen LogP contribution >= 0.6 is 41.7 Å². The van der Waals surface area contributed by atoms with E-state index in [-0.39, 0.29) is 5.69 Å². The maximum atomic E-state index is 10.5. The van der Waals surface area contributed by atoms with Gasteiger partial charge in [0.1, 0.15) is 0 Å². The van der Waals surface area contributed by atoms with E-state index in [1.54, 1.807) is 12.1 Å². The first kappa shape index (κ1) is 10.1. The van der Waals surface area contributed by atoms with Crippen molar-refractivity contribution >= 4 is 47.4 Å². The molecule has 0 aliphatic carbocycles. The third-order valence-corrected chi connectivity index (χ3v) is 3.37. The van der Waals surface area contributed by atoms with E-state index in [9.17, 15) is 10.1 Å². The molecule has 1 aromatic rings. The molecule has 0 aromatic heterocycles. The fraction of sp³-hybridized carbons (Fsp3) is 0. The fourth-order valence-electron chi connectivity index (χ4n) is 0.698. The van der Waals surface area contributed by atoms with Gasteiger partial charge in [-0.15, -0.1) is 0 Å². The first-order chi connectivity index (χ1) is 5.65. The van der Waals surface area contributed by atoms with Gasteiger partial charge in [0.25, 0.3) is 5.69 Å². The van der Waals surface area contributed by atoms with Crippen LogP contribution in [0.1, 0.15) is 0 Å². The second-order valence-corrected chi connectivity index (χ2v) is 4.30. The maximum absolute atomic E-state index is 10.5. The lowest BCUT2D eigenvalue weighted by atomic mass is 10.3. The summed E-state index contributed by atoms with van der Waals surface area (Å²) in [6.45, 7) is 0. The van der Waals surface area contributed by atoms with Gasteiger partial charge >= 0.3 is 0 Å². The molecule has 12 heavy (non-hydrogen) atoms. The molecule has 0 fully saturated rings. The lowest BCUT2D eigenvalue weighted by molar-refractivity contribution is -0.387. The van der Waals surface area contributed by atoms with Crippen molar-refractivity contribution < 1.29 is 4.92 Å². The third kappa shape index (κ3) is 2.24. The van der Waals surface area contributed by atoms with Gasteiger partial charge in [0.2, 0.25) is 0 Å². The van der Waals surface area contributed by atoms with Crippen LogP contribution in [-0.2, 0) is 0 Å². The van der Waals surface area contributed by atoms with Gasteiger partial charge in [-0.3, -0.25) is 10.1 Å². The largest absolute Gasteiger partial charge is 0.285 e. The highest BCUT2D eigenvalue weighted by molar-refractivity contribution is 14.2. The van der Waals surface area contributed by atoms with Crippen molar-refractivity contribution in [2.45, 2.75) is 4.90 Å². The van der Waals surface area contributed by atoms with Gasteiger partial charge in [0.15, 0.2) is 0 Å². The Kier molecular flexibility index (Phi) is 3.60. The first-order valence-electron chi connectivity index (χ1n) is 2.87. The summed E-state index contributed by atoms with van der Waals surface area (Å²) in [5.41, 5.74) is 0.0573. The van der Waals surface area contributed by atoms with Crippen LogP contribution in [0, 0.1) is 10.1 Å². The molecular weight excluding hydrogens is 312 g/mol. The minimum Gasteiger partial charge on any atom is -0.258 e. The minimum absolute atomic E-state index is 0.0573. The van der Waals surface area contributed by atoms with Crippen molar-refractivity contribution in [3.63, 3.8) is 0 Å². The number of rotatable bonds is 2. The van der Waals surface area contributed by atoms with E-state index in [1.165, 1.54) is 15.0 Å². The van der Waals surface area contributed by atoms with E-state index >= 15 is 0 Å². The molecule has 0 heterocycles. The molecule has 6 heteroatoms. The molecule has 1 aromatic carbocycles. The highest BCUT2D eigenvalue weighted by Crippen LogP contribution is 2.35. The van der Waals surface area contributed by atoms with Gasteiger partial charge in [-0.05, 0) is 21.1 Å². The van der Waals surface area contributed by atoms with E-state index in [0.29, 0.717) is 9.92 Å². The Labute approximate surface area is 90.2 Å². The summed E-state index contributed by atoms with van der Waals surface area (Å²) in [4.78, 5) is 10.6. The van der Waals surface area contributed by atoms with E-state index in [0.717, 1.165) is 0 Å². The second kappa shape index (κ2) is 4.29. The van der Waals surface area contributed by atoms with Crippen LogP contribution in [0.2, 0.25) is 5.02 Å². The predicted octanol–water partition coefficient (Wildman–Crippen LogP) is 3.69. The van der Waals surface area contributed by atoms with Gasteiger partial charge in [0, 0.05) is 32.3 Å². The second-order valence-electron chi connectivity index (χ2n) is 1.95. The topological polar surface area (TPSA) is 43.1 Å². The zero-order chi connectivity index (χ0) is 9.14. The summed E-state index contributed by atoms with van der Waals surface area (Å²) in [5.74, 6) is 0. The van der Waals surface area contributed by atoms with Crippen molar-refractivity contribution in [2.24, 2.45) is 0 Å². The molecule has 0 atom stereocenters. The van der Waals surface area contributed by atoms with Gasteiger partial charge in [-0.1, -0.05) is 11.6 Å². The molecule has 0 saturated heterocycles. The molecule has 0 aliphatic rings. The normalized spacial score (nSPS) is 9.83. The fourth-order valence-corrected chi connectivity index (χ4v) is 2.31. The average molecular weight is 316 g/mol. The Balaban J connectivity index is 3.21. The van der Waals surface area contributed by atoms with E-state index in [4.69, 9.17) is 11.6 Å². The van der Waals surface area contributed by atoms with Crippen LogP contribution in [-0.4, -0.2) is 4.92 Å². The summed E-state index contributed by atoms with van der Waals surface area (Å²) < 4.78 is 0. The number of hydrogen-bond acceptors (Lipinski definition) is 3. The quantitative estimate of drug-likeness (QED) is 0.475. The summed E-state index contributed by atoms with van der Waals surface area (Å²) in [5, 5.41) is 10.8. The Morgan fingerprint density at radius 2 is 2.25 bits per heavy atom. The molecule has 0 N–H and O–H groups in total. The van der Waals surface area contributed by atoms with E-state index in [1.807, 2.05) is 21.2 Å². The smallest absolute Gasteiger partial charge is 0.258 e. The highest BCUT2D eigenvalue weighted by atomic mass is 127. The molecule has 64 valence electrons. The van der Waals surface area contributed by atoms with Gasteiger partial charge in [-0.25, -0.2) is 0 Å². The van der Waals surface area contributed by atoms with Crippen molar-refractivity contribution in [1.82, 2.24) is 0 Å². The van der Waals surface area contributed by atoms with Gasteiger partial charge in [-0.2, -0.15) is 0 Å². The zero-order valence-corrected chi connectivity index (χ0v) is 9.39. The monoisotopic (exact) mass is 315 g/mol. The average Bonchev–Trinajstić information content (AvgIpc) is 2.04. The van der Waals surface area contributed by atoms with Crippen LogP contribution in [0.15, 0.2) is 23.1 Å². The number of hydrogen-bond donors (Lipinski definition) is 0. The molecule has 0 spiro atoms.